The van der Waals surface area contributed by atoms with E-state index in [-0.39, 0.29) is 30.1 Å². The van der Waals surface area contributed by atoms with Crippen LogP contribution < -0.4 is 5.73 Å². The van der Waals surface area contributed by atoms with Gasteiger partial charge in [-0.15, -0.1) is 12.4 Å². The molecule has 24 heavy (non-hydrogen) atoms. The molecule has 0 saturated carbocycles. The second-order valence-corrected chi connectivity index (χ2v) is 6.15. The maximum atomic E-state index is 12.6. The Morgan fingerprint density at radius 3 is 2.29 bits per heavy atom. The van der Waals surface area contributed by atoms with Crippen LogP contribution in [-0.2, 0) is 4.79 Å². The Bertz CT molecular complexity index is 580. The summed E-state index contributed by atoms with van der Waals surface area (Å²) in [6.07, 6.45) is 1.49. The predicted octanol–water partition coefficient (Wildman–Crippen LogP) is 2.72. The number of nitrogen functional groups attached to an aromatic ring is 1. The molecule has 0 atom stereocenters. The van der Waals surface area contributed by atoms with E-state index >= 15 is 0 Å². The van der Waals surface area contributed by atoms with Gasteiger partial charge in [-0.3, -0.25) is 9.59 Å². The Kier molecular flexibility index (Phi) is 7.55. The van der Waals surface area contributed by atoms with Crippen LogP contribution >= 0.6 is 12.4 Å². The van der Waals surface area contributed by atoms with Gasteiger partial charge >= 0.3 is 0 Å². The molecule has 0 spiro atoms. The number of likely N-dealkylation sites (tertiary alicyclic amines) is 1. The smallest absolute Gasteiger partial charge is 0.253 e. The summed E-state index contributed by atoms with van der Waals surface area (Å²) in [5.41, 5.74) is 8.10. The Balaban J connectivity index is 0.00000288. The number of carbonyl (C=O) groups excluding carboxylic acids is 2. The number of aryl methyl sites for hydroxylation is 1. The molecule has 1 aliphatic heterocycles. The van der Waals surface area contributed by atoms with Crippen molar-refractivity contribution in [3.63, 3.8) is 0 Å². The predicted molar refractivity (Wildman–Crippen MR) is 99.4 cm³/mol. The van der Waals surface area contributed by atoms with Crippen molar-refractivity contribution in [2.45, 2.75) is 33.6 Å². The van der Waals surface area contributed by atoms with Gasteiger partial charge in [-0.25, -0.2) is 0 Å². The molecule has 2 N–H and O–H groups in total. The van der Waals surface area contributed by atoms with Crippen molar-refractivity contribution in [3.05, 3.63) is 29.3 Å². The summed E-state index contributed by atoms with van der Waals surface area (Å²) in [5, 5.41) is 0. The molecule has 2 rings (SSSR count). The lowest BCUT2D eigenvalue weighted by molar-refractivity contribution is -0.136. The zero-order chi connectivity index (χ0) is 17.0. The van der Waals surface area contributed by atoms with E-state index in [0.29, 0.717) is 24.3 Å². The zero-order valence-electron chi connectivity index (χ0n) is 14.7. The molecule has 1 saturated heterocycles. The highest BCUT2D eigenvalue weighted by molar-refractivity contribution is 5.95. The number of halogens is 1. The van der Waals surface area contributed by atoms with Crippen LogP contribution in [0.15, 0.2) is 18.2 Å². The van der Waals surface area contributed by atoms with Gasteiger partial charge in [-0.2, -0.15) is 0 Å². The van der Waals surface area contributed by atoms with Gasteiger partial charge in [0.25, 0.3) is 5.91 Å². The van der Waals surface area contributed by atoms with Gasteiger partial charge in [0.1, 0.15) is 0 Å². The third-order valence-electron chi connectivity index (χ3n) is 4.72. The summed E-state index contributed by atoms with van der Waals surface area (Å²) in [4.78, 5) is 28.7. The van der Waals surface area contributed by atoms with Crippen LogP contribution in [0.1, 0.15) is 42.6 Å². The number of nitrogens with zero attached hydrogens (tertiary/aromatic N) is 2. The largest absolute Gasteiger partial charge is 0.399 e. The van der Waals surface area contributed by atoms with Crippen molar-refractivity contribution >= 4 is 29.9 Å². The van der Waals surface area contributed by atoms with E-state index in [1.54, 1.807) is 12.1 Å². The van der Waals surface area contributed by atoms with Crippen LogP contribution in [0.2, 0.25) is 0 Å². The number of piperidine rings is 1. The molecule has 1 aromatic rings. The Morgan fingerprint density at radius 1 is 1.21 bits per heavy atom. The monoisotopic (exact) mass is 353 g/mol. The minimum absolute atomic E-state index is 0. The van der Waals surface area contributed by atoms with E-state index in [2.05, 4.69) is 0 Å². The van der Waals surface area contributed by atoms with Crippen LogP contribution in [0.4, 0.5) is 5.69 Å². The lowest BCUT2D eigenvalue weighted by Gasteiger charge is -2.33. The number of hydrogen-bond donors (Lipinski definition) is 1. The Morgan fingerprint density at radius 2 is 1.79 bits per heavy atom. The van der Waals surface area contributed by atoms with Crippen molar-refractivity contribution in [2.75, 3.05) is 31.9 Å². The second kappa shape index (κ2) is 8.92. The van der Waals surface area contributed by atoms with Gasteiger partial charge in [-0.05, 0) is 57.4 Å². The number of benzene rings is 1. The molecule has 0 radical (unpaired) electrons. The molecule has 1 aliphatic rings. The summed E-state index contributed by atoms with van der Waals surface area (Å²) >= 11 is 0. The molecule has 1 aromatic carbocycles. The number of rotatable bonds is 4. The summed E-state index contributed by atoms with van der Waals surface area (Å²) in [6.45, 7) is 8.69. The average Bonchev–Trinajstić information content (AvgIpc) is 2.58. The van der Waals surface area contributed by atoms with Crippen LogP contribution in [0.5, 0.6) is 0 Å². The van der Waals surface area contributed by atoms with E-state index in [9.17, 15) is 9.59 Å². The van der Waals surface area contributed by atoms with Crippen molar-refractivity contribution in [1.82, 2.24) is 9.80 Å². The first-order valence-electron chi connectivity index (χ1n) is 8.42. The first-order chi connectivity index (χ1) is 11.0. The first-order valence-corrected chi connectivity index (χ1v) is 8.42. The molecule has 1 heterocycles. The Hall–Kier alpha value is -1.75. The summed E-state index contributed by atoms with van der Waals surface area (Å²) in [5.74, 6) is 0.305. The molecule has 134 valence electrons. The molecule has 6 heteroatoms. The fourth-order valence-electron chi connectivity index (χ4n) is 3.11. The fraction of sp³-hybridized carbons (Fsp3) is 0.556. The van der Waals surface area contributed by atoms with E-state index < -0.39 is 0 Å². The van der Waals surface area contributed by atoms with Crippen molar-refractivity contribution in [2.24, 2.45) is 5.92 Å². The van der Waals surface area contributed by atoms with Gasteiger partial charge in [-0.1, -0.05) is 0 Å². The third kappa shape index (κ3) is 4.41. The molecule has 0 aromatic heterocycles. The average molecular weight is 354 g/mol. The topological polar surface area (TPSA) is 66.6 Å². The van der Waals surface area contributed by atoms with Crippen molar-refractivity contribution < 1.29 is 9.59 Å². The molecule has 5 nitrogen and oxygen atoms in total. The maximum absolute atomic E-state index is 12.6. The highest BCUT2D eigenvalue weighted by Crippen LogP contribution is 2.22. The molecule has 0 bridgehead atoms. The van der Waals surface area contributed by atoms with Crippen molar-refractivity contribution in [3.8, 4) is 0 Å². The summed E-state index contributed by atoms with van der Waals surface area (Å²) in [7, 11) is 0. The SMILES string of the molecule is CCN(CC)C(=O)C1CCN(C(=O)c2ccc(N)c(C)c2)CC1.Cl. The van der Waals surface area contributed by atoms with Gasteiger partial charge in [0.15, 0.2) is 0 Å². The van der Waals surface area contributed by atoms with Crippen LogP contribution in [-0.4, -0.2) is 47.8 Å². The molecule has 0 unspecified atom stereocenters. The number of anilines is 1. The molecular weight excluding hydrogens is 326 g/mol. The second-order valence-electron chi connectivity index (χ2n) is 6.15. The standard InChI is InChI=1S/C18H27N3O2.ClH/c1-4-20(5-2)17(22)14-8-10-21(11-9-14)18(23)15-6-7-16(19)13(3)12-15;/h6-7,12,14H,4-5,8-11,19H2,1-3H3;1H. The van der Waals surface area contributed by atoms with E-state index in [1.807, 2.05) is 36.6 Å². The van der Waals surface area contributed by atoms with Gasteiger partial charge in [0.05, 0.1) is 0 Å². The normalized spacial score (nSPS) is 14.9. The molecule has 0 aliphatic carbocycles. The highest BCUT2D eigenvalue weighted by Gasteiger charge is 2.29. The zero-order valence-corrected chi connectivity index (χ0v) is 15.6. The first kappa shape index (κ1) is 20.3. The van der Waals surface area contributed by atoms with E-state index in [1.165, 1.54) is 0 Å². The highest BCUT2D eigenvalue weighted by atomic mass is 35.5. The number of amides is 2. The summed E-state index contributed by atoms with van der Waals surface area (Å²) in [6, 6.07) is 5.39. The minimum atomic E-state index is 0. The minimum Gasteiger partial charge on any atom is -0.399 e. The number of hydrogen-bond acceptors (Lipinski definition) is 3. The van der Waals surface area contributed by atoms with Crippen LogP contribution in [0.25, 0.3) is 0 Å². The van der Waals surface area contributed by atoms with Crippen molar-refractivity contribution in [1.29, 1.82) is 0 Å². The van der Waals surface area contributed by atoms with Crippen LogP contribution in [0, 0.1) is 12.8 Å². The maximum Gasteiger partial charge on any atom is 0.253 e. The van der Waals surface area contributed by atoms with Gasteiger partial charge < -0.3 is 15.5 Å². The third-order valence-corrected chi connectivity index (χ3v) is 4.72. The van der Waals surface area contributed by atoms with Gasteiger partial charge in [0, 0.05) is 43.3 Å². The lowest BCUT2D eigenvalue weighted by atomic mass is 9.94. The van der Waals surface area contributed by atoms with Crippen LogP contribution in [0.3, 0.4) is 0 Å². The lowest BCUT2D eigenvalue weighted by Crippen LogP contribution is -2.44. The summed E-state index contributed by atoms with van der Waals surface area (Å²) < 4.78 is 0. The number of carbonyl (C=O) groups is 2. The molecule has 1 fully saturated rings. The molecular formula is C18H28ClN3O2. The Labute approximate surface area is 150 Å². The molecule has 2 amide bonds. The number of nitrogens with two attached hydrogens (primary N) is 1. The quantitative estimate of drug-likeness (QED) is 0.846. The fourth-order valence-corrected chi connectivity index (χ4v) is 3.11. The van der Waals surface area contributed by atoms with E-state index in [0.717, 1.165) is 31.5 Å². The van der Waals surface area contributed by atoms with Gasteiger partial charge in [0.2, 0.25) is 5.91 Å². The van der Waals surface area contributed by atoms with E-state index in [4.69, 9.17) is 5.73 Å².